The van der Waals surface area contributed by atoms with Crippen molar-refractivity contribution in [3.8, 4) is 0 Å². The van der Waals surface area contributed by atoms with Crippen molar-refractivity contribution >= 4 is 39.0 Å². The topological polar surface area (TPSA) is 149 Å². The van der Waals surface area contributed by atoms with Crippen LogP contribution in [0.5, 0.6) is 0 Å². The third-order valence-corrected chi connectivity index (χ3v) is 14.8. The Morgan fingerprint density at radius 2 is 1.59 bits per heavy atom. The summed E-state index contributed by atoms with van der Waals surface area (Å²) in [7, 11) is -3.11. The number of nitrogens with two attached hydrogens (primary N) is 1. The number of hydrogen-bond acceptors (Lipinski definition) is 7. The molecule has 5 fully saturated rings. The van der Waals surface area contributed by atoms with E-state index in [2.05, 4.69) is 13.8 Å². The Hall–Kier alpha value is -2.10. The van der Waals surface area contributed by atoms with Crippen LogP contribution in [0.3, 0.4) is 0 Å². The summed E-state index contributed by atoms with van der Waals surface area (Å²) in [5.74, 6) is -3.49. The normalized spacial score (nSPS) is 31.2. The number of fused-ring (bicyclic) bond motifs is 1. The van der Waals surface area contributed by atoms with E-state index < -0.39 is 44.8 Å². The van der Waals surface area contributed by atoms with Crippen molar-refractivity contribution < 1.29 is 32.4 Å². The van der Waals surface area contributed by atoms with Gasteiger partial charge in [0.15, 0.2) is 15.6 Å². The van der Waals surface area contributed by atoms with Gasteiger partial charge < -0.3 is 10.6 Å². The molecule has 9 nitrogen and oxygen atoms in total. The summed E-state index contributed by atoms with van der Waals surface area (Å²) in [6.45, 7) is 10.7. The van der Waals surface area contributed by atoms with E-state index in [1.54, 1.807) is 4.90 Å². The SMILES string of the molecule is CC(C)(C)[C@H](CC(=O)CC1CCS(=O)(=O)C1)C(=O)N1C[C@]2(C[C@H]1C(=O)CC(CC1CCC1)C(=O)C(N)=O)C(C)(C)C21CCC1. The minimum atomic E-state index is -3.11. The number of rotatable bonds is 12. The maximum absolute atomic E-state index is 14.6. The van der Waals surface area contributed by atoms with Gasteiger partial charge in [0.05, 0.1) is 17.5 Å². The molecule has 2 N–H and O–H groups in total. The van der Waals surface area contributed by atoms with Crippen LogP contribution in [-0.4, -0.2) is 66.6 Å². The van der Waals surface area contributed by atoms with E-state index in [0.717, 1.165) is 38.5 Å². The molecule has 2 amide bonds. The first-order valence-corrected chi connectivity index (χ1v) is 18.6. The van der Waals surface area contributed by atoms with Crippen molar-refractivity contribution in [3.63, 3.8) is 0 Å². The number of nitrogens with zero attached hydrogens (tertiary/aromatic N) is 1. The standard InChI is InChI=1S/C34H52N2O7S/c1-31(2,3)25(17-24(37)15-22-10-13-44(42,43)19-22)30(41)36-20-34(32(4,5)33(34)11-7-12-33)18-26(36)27(38)16-23(28(39)29(35)40)14-21-8-6-9-21/h21-23,25-26H,6-20H2,1-5H3,(H2,35,40)/t22?,23?,25-,26+,34-/m1/s1. The second-order valence-electron chi connectivity index (χ2n) is 16.6. The second-order valence-corrected chi connectivity index (χ2v) is 18.8. The van der Waals surface area contributed by atoms with Gasteiger partial charge in [0, 0.05) is 43.1 Å². The van der Waals surface area contributed by atoms with E-state index in [-0.39, 0.29) is 70.4 Å². The van der Waals surface area contributed by atoms with Crippen LogP contribution in [0.1, 0.15) is 112 Å². The second kappa shape index (κ2) is 11.3. The van der Waals surface area contributed by atoms with Crippen molar-refractivity contribution in [1.82, 2.24) is 4.90 Å². The molecule has 10 heteroatoms. The van der Waals surface area contributed by atoms with Crippen LogP contribution in [0.15, 0.2) is 0 Å². The lowest BCUT2D eigenvalue weighted by Gasteiger charge is -2.36. The third-order valence-electron chi connectivity index (χ3n) is 13.0. The quantitative estimate of drug-likeness (QED) is 0.319. The maximum Gasteiger partial charge on any atom is 0.285 e. The van der Waals surface area contributed by atoms with Gasteiger partial charge in [-0.1, -0.05) is 60.3 Å². The van der Waals surface area contributed by atoms with Crippen LogP contribution in [0.2, 0.25) is 0 Å². The molecule has 2 unspecified atom stereocenters. The number of ketones is 3. The molecule has 246 valence electrons. The molecule has 44 heavy (non-hydrogen) atoms. The fourth-order valence-electron chi connectivity index (χ4n) is 9.74. The number of primary amides is 1. The molecular formula is C34H52N2O7S. The van der Waals surface area contributed by atoms with E-state index in [9.17, 15) is 32.4 Å². The predicted molar refractivity (Wildman–Crippen MR) is 166 cm³/mol. The van der Waals surface area contributed by atoms with Gasteiger partial charge in [-0.15, -0.1) is 0 Å². The molecule has 5 aliphatic rings. The summed E-state index contributed by atoms with van der Waals surface area (Å²) in [4.78, 5) is 68.6. The van der Waals surface area contributed by atoms with E-state index >= 15 is 0 Å². The van der Waals surface area contributed by atoms with Gasteiger partial charge in [-0.25, -0.2) is 8.42 Å². The van der Waals surface area contributed by atoms with Crippen molar-refractivity contribution in [2.75, 3.05) is 18.1 Å². The van der Waals surface area contributed by atoms with Crippen molar-refractivity contribution in [2.24, 2.45) is 51.1 Å². The summed E-state index contributed by atoms with van der Waals surface area (Å²) in [6.07, 6.45) is 7.79. The first-order chi connectivity index (χ1) is 20.3. The van der Waals surface area contributed by atoms with E-state index in [4.69, 9.17) is 5.73 Å². The minimum Gasteiger partial charge on any atom is -0.363 e. The lowest BCUT2D eigenvalue weighted by molar-refractivity contribution is -0.146. The zero-order valence-corrected chi connectivity index (χ0v) is 28.1. The molecule has 5 atom stereocenters. The summed E-state index contributed by atoms with van der Waals surface area (Å²) in [5, 5.41) is 0. The van der Waals surface area contributed by atoms with Gasteiger partial charge in [-0.2, -0.15) is 0 Å². The Kier molecular flexibility index (Phi) is 8.55. The van der Waals surface area contributed by atoms with Gasteiger partial charge in [0.1, 0.15) is 5.78 Å². The van der Waals surface area contributed by atoms with Crippen molar-refractivity contribution in [1.29, 1.82) is 0 Å². The highest BCUT2D eigenvalue weighted by Crippen LogP contribution is 2.88. The Bertz CT molecular complexity index is 1340. The predicted octanol–water partition coefficient (Wildman–Crippen LogP) is 4.05. The fraction of sp³-hybridized carbons (Fsp3) is 0.853. The third kappa shape index (κ3) is 5.59. The minimum absolute atomic E-state index is 0.00228. The number of carbonyl (C=O) groups is 5. The lowest BCUT2D eigenvalue weighted by Crippen LogP contribution is -2.48. The maximum atomic E-state index is 14.6. The Morgan fingerprint density at radius 1 is 0.932 bits per heavy atom. The first kappa shape index (κ1) is 33.3. The summed E-state index contributed by atoms with van der Waals surface area (Å²) in [5.41, 5.74) is 4.68. The molecule has 0 radical (unpaired) electrons. The van der Waals surface area contributed by atoms with Gasteiger partial charge in [-0.05, 0) is 60.2 Å². The van der Waals surface area contributed by atoms with E-state index in [1.165, 1.54) is 0 Å². The number of likely N-dealkylation sites (tertiary alicyclic amines) is 1. The summed E-state index contributed by atoms with van der Waals surface area (Å²) in [6, 6.07) is -0.716. The molecule has 0 bridgehead atoms. The Labute approximate surface area is 262 Å². The highest BCUT2D eigenvalue weighted by Gasteiger charge is 2.85. The van der Waals surface area contributed by atoms with E-state index in [1.807, 2.05) is 20.8 Å². The van der Waals surface area contributed by atoms with E-state index in [0.29, 0.717) is 31.7 Å². The molecule has 5 rings (SSSR count). The molecule has 0 aromatic carbocycles. The van der Waals surface area contributed by atoms with Crippen LogP contribution < -0.4 is 5.73 Å². The summed E-state index contributed by atoms with van der Waals surface area (Å²) < 4.78 is 23.9. The molecule has 3 saturated carbocycles. The number of carbonyl (C=O) groups excluding carboxylic acids is 5. The zero-order valence-electron chi connectivity index (χ0n) is 27.3. The van der Waals surface area contributed by atoms with Crippen LogP contribution >= 0.6 is 0 Å². The van der Waals surface area contributed by atoms with Crippen molar-refractivity contribution in [2.45, 2.75) is 118 Å². The average molecular weight is 633 g/mol. The molecule has 0 aromatic rings. The smallest absolute Gasteiger partial charge is 0.285 e. The van der Waals surface area contributed by atoms with Gasteiger partial charge in [0.2, 0.25) is 11.7 Å². The average Bonchev–Trinajstić information content (AvgIpc) is 3.18. The van der Waals surface area contributed by atoms with Gasteiger partial charge in [0.25, 0.3) is 5.91 Å². The van der Waals surface area contributed by atoms with Gasteiger partial charge >= 0.3 is 0 Å². The van der Waals surface area contributed by atoms with Crippen LogP contribution in [0.4, 0.5) is 0 Å². The fourth-order valence-corrected chi connectivity index (χ4v) is 11.6. The highest BCUT2D eigenvalue weighted by atomic mass is 32.2. The molecule has 0 aromatic heterocycles. The molecule has 2 spiro atoms. The summed E-state index contributed by atoms with van der Waals surface area (Å²) >= 11 is 0. The monoisotopic (exact) mass is 632 g/mol. The number of sulfone groups is 1. The Morgan fingerprint density at radius 3 is 2.05 bits per heavy atom. The highest BCUT2D eigenvalue weighted by molar-refractivity contribution is 7.91. The van der Waals surface area contributed by atoms with Crippen LogP contribution in [0, 0.1) is 45.3 Å². The van der Waals surface area contributed by atoms with Crippen LogP contribution in [-0.2, 0) is 33.8 Å². The molecule has 3 aliphatic carbocycles. The molecule has 2 saturated heterocycles. The van der Waals surface area contributed by atoms with Gasteiger partial charge in [-0.3, -0.25) is 24.0 Å². The molecule has 2 aliphatic heterocycles. The molecule has 2 heterocycles. The molecular weight excluding hydrogens is 580 g/mol. The lowest BCUT2D eigenvalue weighted by atomic mass is 9.73. The first-order valence-electron chi connectivity index (χ1n) is 16.7. The number of Topliss-reactive ketones (excluding diaryl/α,β-unsaturated/α-hetero) is 3. The largest absolute Gasteiger partial charge is 0.363 e. The van der Waals surface area contributed by atoms with Crippen LogP contribution in [0.25, 0.3) is 0 Å². The number of amides is 2. The number of hydrogen-bond donors (Lipinski definition) is 1. The zero-order chi connectivity index (χ0) is 32.5. The van der Waals surface area contributed by atoms with Crippen molar-refractivity contribution in [3.05, 3.63) is 0 Å². The Balaban J connectivity index is 1.39.